The minimum absolute atomic E-state index is 0.0393. The van der Waals surface area contributed by atoms with E-state index in [4.69, 9.17) is 11.6 Å². The summed E-state index contributed by atoms with van der Waals surface area (Å²) in [5.74, 6) is 0. The van der Waals surface area contributed by atoms with E-state index in [1.165, 1.54) is 18.2 Å². The van der Waals surface area contributed by atoms with Crippen LogP contribution in [0.3, 0.4) is 0 Å². The molecule has 0 fully saturated rings. The van der Waals surface area contributed by atoms with Crippen molar-refractivity contribution in [3.8, 4) is 5.69 Å². The number of hydrogen-bond acceptors (Lipinski definition) is 5. The molecule has 3 N–H and O–H groups in total. The highest BCUT2D eigenvalue weighted by Gasteiger charge is 2.19. The van der Waals surface area contributed by atoms with Crippen molar-refractivity contribution in [2.24, 2.45) is 0 Å². The molecular weight excluding hydrogens is 418 g/mol. The average Bonchev–Trinajstić information content (AvgIpc) is 3.16. The Morgan fingerprint density at radius 2 is 1.76 bits per heavy atom. The number of aromatic amines is 2. The molecule has 148 valence electrons. The van der Waals surface area contributed by atoms with Crippen LogP contribution < -0.4 is 15.8 Å². The molecule has 0 bridgehead atoms. The summed E-state index contributed by atoms with van der Waals surface area (Å²) < 4.78 is 30.0. The highest BCUT2D eigenvalue weighted by molar-refractivity contribution is 7.92. The maximum absolute atomic E-state index is 12.9. The Kier molecular flexibility index (Phi) is 4.52. The van der Waals surface area contributed by atoms with Gasteiger partial charge in [0.25, 0.3) is 10.0 Å². The molecule has 0 aliphatic carbocycles. The normalized spacial score (nSPS) is 11.7. The van der Waals surface area contributed by atoms with E-state index in [-0.39, 0.29) is 16.1 Å². The van der Waals surface area contributed by atoms with E-state index >= 15 is 0 Å². The molecule has 0 atom stereocenters. The van der Waals surface area contributed by atoms with Crippen molar-refractivity contribution in [3.05, 3.63) is 80.3 Å². The van der Waals surface area contributed by atoms with Gasteiger partial charge in [0.15, 0.2) is 0 Å². The molecule has 0 unspecified atom stereocenters. The second kappa shape index (κ2) is 6.90. The van der Waals surface area contributed by atoms with Crippen molar-refractivity contribution in [3.63, 3.8) is 0 Å². The minimum atomic E-state index is -3.98. The first-order chi connectivity index (χ1) is 13.7. The minimum Gasteiger partial charge on any atom is -0.316 e. The van der Waals surface area contributed by atoms with Crippen LogP contribution in [0.4, 0.5) is 5.69 Å². The van der Waals surface area contributed by atoms with E-state index in [0.717, 1.165) is 0 Å². The molecule has 11 heteroatoms. The van der Waals surface area contributed by atoms with Gasteiger partial charge in [-0.25, -0.2) is 13.4 Å². The first-order valence-electron chi connectivity index (χ1n) is 8.32. The summed E-state index contributed by atoms with van der Waals surface area (Å²) in [6, 6.07) is 7.51. The number of aromatic nitrogens is 4. The van der Waals surface area contributed by atoms with E-state index in [1.807, 2.05) is 0 Å². The summed E-state index contributed by atoms with van der Waals surface area (Å²) >= 11 is 6.28. The number of nitrogens with zero attached hydrogens (tertiary/aromatic N) is 2. The first-order valence-corrected chi connectivity index (χ1v) is 10.2. The lowest BCUT2D eigenvalue weighted by Crippen LogP contribution is -2.29. The van der Waals surface area contributed by atoms with Crippen LogP contribution in [0.5, 0.6) is 0 Å². The van der Waals surface area contributed by atoms with E-state index in [0.29, 0.717) is 21.8 Å². The van der Waals surface area contributed by atoms with Gasteiger partial charge in [-0.1, -0.05) is 11.6 Å². The third kappa shape index (κ3) is 3.55. The van der Waals surface area contributed by atoms with Gasteiger partial charge in [-0.3, -0.25) is 14.3 Å². The number of sulfonamides is 1. The quantitative estimate of drug-likeness (QED) is 0.426. The molecule has 4 rings (SSSR count). The smallest absolute Gasteiger partial charge is 0.314 e. The zero-order chi connectivity index (χ0) is 20.8. The fourth-order valence-corrected chi connectivity index (χ4v) is 4.52. The number of imidazole rings is 1. The Labute approximate surface area is 169 Å². The van der Waals surface area contributed by atoms with Gasteiger partial charge >= 0.3 is 11.1 Å². The predicted molar refractivity (Wildman–Crippen MR) is 109 cm³/mol. The monoisotopic (exact) mass is 431 g/mol. The van der Waals surface area contributed by atoms with Crippen LogP contribution in [-0.2, 0) is 10.0 Å². The maximum Gasteiger partial charge on any atom is 0.314 e. The Bertz CT molecular complexity index is 1460. The zero-order valence-electron chi connectivity index (χ0n) is 14.9. The van der Waals surface area contributed by atoms with E-state index in [2.05, 4.69) is 19.7 Å². The van der Waals surface area contributed by atoms with Crippen molar-refractivity contribution in [1.29, 1.82) is 0 Å². The summed E-state index contributed by atoms with van der Waals surface area (Å²) in [7, 11) is -3.98. The standard InChI is InChI=1S/C18H14ClN5O4S/c1-10-6-13-14(22-18(26)17(25)21-13)8-16(10)29(27,28)23-11-2-3-15(12(19)7-11)24-5-4-20-9-24/h2-9,23H,1H3,(H,21,25)(H,22,26). The Hall–Kier alpha value is -3.37. The molecule has 0 aliphatic heterocycles. The number of H-pyrrole nitrogens is 2. The van der Waals surface area contributed by atoms with Crippen molar-refractivity contribution >= 4 is 38.3 Å². The molecule has 0 aliphatic rings. The van der Waals surface area contributed by atoms with Gasteiger partial charge in [0, 0.05) is 12.4 Å². The molecule has 29 heavy (non-hydrogen) atoms. The van der Waals surface area contributed by atoms with Crippen LogP contribution in [0.15, 0.2) is 63.5 Å². The number of aryl methyl sites for hydroxylation is 1. The van der Waals surface area contributed by atoms with E-state index in [1.54, 1.807) is 42.3 Å². The second-order valence-electron chi connectivity index (χ2n) is 6.31. The Morgan fingerprint density at radius 3 is 2.38 bits per heavy atom. The molecule has 0 saturated heterocycles. The Balaban J connectivity index is 1.73. The SMILES string of the molecule is Cc1cc2[nH]c(=O)c(=O)[nH]c2cc1S(=O)(=O)Nc1ccc(-n2ccnc2)c(Cl)c1. The molecule has 2 heterocycles. The van der Waals surface area contributed by atoms with Crippen LogP contribution >= 0.6 is 11.6 Å². The predicted octanol–water partition coefficient (Wildman–Crippen LogP) is 2.16. The van der Waals surface area contributed by atoms with Gasteiger partial charge in [-0.2, -0.15) is 0 Å². The molecule has 2 aromatic heterocycles. The molecule has 0 amide bonds. The average molecular weight is 432 g/mol. The van der Waals surface area contributed by atoms with Crippen LogP contribution in [0, 0.1) is 6.92 Å². The topological polar surface area (TPSA) is 130 Å². The number of rotatable bonds is 4. The van der Waals surface area contributed by atoms with Gasteiger partial charge in [0.2, 0.25) is 0 Å². The van der Waals surface area contributed by atoms with Crippen LogP contribution in [0.2, 0.25) is 5.02 Å². The number of benzene rings is 2. The molecule has 2 aromatic carbocycles. The molecule has 4 aromatic rings. The van der Waals surface area contributed by atoms with E-state index in [9.17, 15) is 18.0 Å². The number of nitrogens with one attached hydrogen (secondary N) is 3. The number of hydrogen-bond donors (Lipinski definition) is 3. The van der Waals surface area contributed by atoms with Crippen molar-refractivity contribution in [2.75, 3.05) is 4.72 Å². The third-order valence-corrected chi connectivity index (χ3v) is 6.12. The fraction of sp³-hybridized carbons (Fsp3) is 0.0556. The molecule has 0 saturated carbocycles. The van der Waals surface area contributed by atoms with Crippen molar-refractivity contribution in [2.45, 2.75) is 11.8 Å². The lowest BCUT2D eigenvalue weighted by molar-refractivity contribution is 0.600. The van der Waals surface area contributed by atoms with Crippen molar-refractivity contribution in [1.82, 2.24) is 19.5 Å². The fourth-order valence-electron chi connectivity index (χ4n) is 2.93. The van der Waals surface area contributed by atoms with Gasteiger partial charge < -0.3 is 14.5 Å². The van der Waals surface area contributed by atoms with Crippen molar-refractivity contribution < 1.29 is 8.42 Å². The van der Waals surface area contributed by atoms with E-state index < -0.39 is 21.1 Å². The van der Waals surface area contributed by atoms with Crippen LogP contribution in [0.1, 0.15) is 5.56 Å². The summed E-state index contributed by atoms with van der Waals surface area (Å²) in [4.78, 5) is 31.7. The summed E-state index contributed by atoms with van der Waals surface area (Å²) in [5, 5.41) is 0.334. The van der Waals surface area contributed by atoms with Gasteiger partial charge in [0.1, 0.15) is 0 Å². The lowest BCUT2D eigenvalue weighted by Gasteiger charge is -2.13. The second-order valence-corrected chi connectivity index (χ2v) is 8.37. The lowest BCUT2D eigenvalue weighted by atomic mass is 10.2. The summed E-state index contributed by atoms with van der Waals surface area (Å²) in [6.45, 7) is 1.59. The van der Waals surface area contributed by atoms with Gasteiger partial charge in [-0.15, -0.1) is 0 Å². The van der Waals surface area contributed by atoms with Crippen LogP contribution in [0.25, 0.3) is 16.7 Å². The number of halogens is 1. The first kappa shape index (κ1) is 19.0. The number of fused-ring (bicyclic) bond motifs is 1. The molecule has 9 nitrogen and oxygen atoms in total. The third-order valence-electron chi connectivity index (χ3n) is 4.29. The Morgan fingerprint density at radius 1 is 1.07 bits per heavy atom. The van der Waals surface area contributed by atoms with Gasteiger partial charge in [0.05, 0.1) is 38.7 Å². The molecule has 0 spiro atoms. The zero-order valence-corrected chi connectivity index (χ0v) is 16.5. The highest BCUT2D eigenvalue weighted by Crippen LogP contribution is 2.27. The summed E-state index contributed by atoms with van der Waals surface area (Å²) in [5.41, 5.74) is 0.184. The molecular formula is C18H14ClN5O4S. The molecule has 0 radical (unpaired) electrons. The number of anilines is 1. The largest absolute Gasteiger partial charge is 0.316 e. The summed E-state index contributed by atoms with van der Waals surface area (Å²) in [6.07, 6.45) is 4.90. The maximum atomic E-state index is 12.9. The highest BCUT2D eigenvalue weighted by atomic mass is 35.5. The van der Waals surface area contributed by atoms with Gasteiger partial charge in [-0.05, 0) is 42.8 Å². The van der Waals surface area contributed by atoms with Crippen LogP contribution in [-0.4, -0.2) is 27.9 Å².